The number of benzene rings is 2. The molecule has 1 fully saturated rings. The molecule has 5 N–H and O–H groups in total. The smallest absolute Gasteiger partial charge is 0.246 e. The zero-order valence-corrected chi connectivity index (χ0v) is 23.7. The first-order chi connectivity index (χ1) is 19.6. The topological polar surface area (TPSA) is 129 Å². The van der Waals surface area contributed by atoms with Gasteiger partial charge in [0.1, 0.15) is 36.6 Å². The van der Waals surface area contributed by atoms with E-state index in [9.17, 15) is 19.1 Å². The van der Waals surface area contributed by atoms with Crippen LogP contribution in [0.1, 0.15) is 37.8 Å². The SMILES string of the molecule is CC(O)C1C(=O)N[C@H](Cc2ccccc2)C(N)=NCC#Cc2ccc(F)cc2OCCN[C@@H](C2(C)CC2)C(=O)N1C. The van der Waals surface area contributed by atoms with E-state index in [1.54, 1.807) is 0 Å². The van der Waals surface area contributed by atoms with Gasteiger partial charge in [0, 0.05) is 19.7 Å². The highest BCUT2D eigenvalue weighted by atomic mass is 19.1. The Morgan fingerprint density at radius 1 is 1.24 bits per heavy atom. The lowest BCUT2D eigenvalue weighted by Crippen LogP contribution is -2.61. The predicted octanol–water partition coefficient (Wildman–Crippen LogP) is 1.62. The maximum Gasteiger partial charge on any atom is 0.246 e. The number of hydrogen-bond donors (Lipinski definition) is 4. The second kappa shape index (κ2) is 13.1. The van der Waals surface area contributed by atoms with Crippen molar-refractivity contribution < 1.29 is 23.8 Å². The Labute approximate surface area is 240 Å². The summed E-state index contributed by atoms with van der Waals surface area (Å²) >= 11 is 0. The van der Waals surface area contributed by atoms with Gasteiger partial charge in [0.2, 0.25) is 11.8 Å². The molecule has 41 heavy (non-hydrogen) atoms. The van der Waals surface area contributed by atoms with Gasteiger partial charge in [-0.05, 0) is 49.3 Å². The van der Waals surface area contributed by atoms with Crippen LogP contribution in [0.15, 0.2) is 53.5 Å². The average Bonchev–Trinajstić information content (AvgIpc) is 3.68. The first-order valence-electron chi connectivity index (χ1n) is 13.8. The summed E-state index contributed by atoms with van der Waals surface area (Å²) in [5, 5.41) is 16.8. The van der Waals surface area contributed by atoms with Crippen molar-refractivity contribution in [2.24, 2.45) is 16.1 Å². The zero-order valence-electron chi connectivity index (χ0n) is 23.7. The van der Waals surface area contributed by atoms with Crippen LogP contribution >= 0.6 is 0 Å². The summed E-state index contributed by atoms with van der Waals surface area (Å²) in [6.07, 6.45) is 0.870. The van der Waals surface area contributed by atoms with E-state index in [-0.39, 0.29) is 30.3 Å². The van der Waals surface area contributed by atoms with Gasteiger partial charge in [0.15, 0.2) is 0 Å². The van der Waals surface area contributed by atoms with Crippen molar-refractivity contribution in [2.75, 3.05) is 26.7 Å². The van der Waals surface area contributed by atoms with Gasteiger partial charge < -0.3 is 31.1 Å². The molecule has 4 rings (SSSR count). The first kappa shape index (κ1) is 30.0. The molecule has 2 aliphatic rings. The molecule has 0 bridgehead atoms. The van der Waals surface area contributed by atoms with Crippen LogP contribution in [0.2, 0.25) is 0 Å². The van der Waals surface area contributed by atoms with E-state index in [4.69, 9.17) is 10.5 Å². The number of hydrogen-bond acceptors (Lipinski definition) is 7. The van der Waals surface area contributed by atoms with Crippen LogP contribution in [0.3, 0.4) is 0 Å². The Bertz CT molecular complexity index is 1330. The first-order valence-corrected chi connectivity index (χ1v) is 13.8. The lowest BCUT2D eigenvalue weighted by Gasteiger charge is -2.35. The monoisotopic (exact) mass is 563 g/mol. The van der Waals surface area contributed by atoms with Gasteiger partial charge in [-0.2, -0.15) is 0 Å². The number of nitrogens with one attached hydrogen (secondary N) is 2. The third-order valence-electron chi connectivity index (χ3n) is 7.64. The molecule has 2 aromatic rings. The maximum absolute atomic E-state index is 14.0. The number of aliphatic imine (C=N–C) groups is 1. The molecular formula is C31H38FN5O4. The standard InChI is InChI=1S/C31H38FN5O4/c1-20(38)26-29(39)36-24(18-21-8-5-4-6-9-21)28(33)35-15-7-10-22-11-12-23(32)19-25(22)41-17-16-34-27(30(40)37(26)3)31(2)13-14-31/h4-6,8-9,11-12,19-20,24,26-27,34,38H,13-18H2,1-3H3,(H2,33,35)(H,36,39)/t20?,24-,26?,27-/m1/s1. The number of nitrogens with two attached hydrogens (primary N) is 1. The molecule has 1 aliphatic carbocycles. The van der Waals surface area contributed by atoms with Crippen molar-refractivity contribution in [1.29, 1.82) is 0 Å². The molecule has 9 nitrogen and oxygen atoms in total. The highest BCUT2D eigenvalue weighted by Crippen LogP contribution is 2.48. The number of amidine groups is 1. The van der Waals surface area contributed by atoms with E-state index in [2.05, 4.69) is 27.5 Å². The van der Waals surface area contributed by atoms with Crippen molar-refractivity contribution in [3.63, 3.8) is 0 Å². The second-order valence-corrected chi connectivity index (χ2v) is 11.0. The normalized spacial score (nSPS) is 24.3. The van der Waals surface area contributed by atoms with Gasteiger partial charge in [-0.3, -0.25) is 14.6 Å². The third kappa shape index (κ3) is 7.63. The number of carbonyl (C=O) groups is 2. The molecule has 1 saturated carbocycles. The summed E-state index contributed by atoms with van der Waals surface area (Å²) in [5.41, 5.74) is 7.48. The minimum Gasteiger partial charge on any atom is -0.491 e. The summed E-state index contributed by atoms with van der Waals surface area (Å²) in [7, 11) is 1.52. The Kier molecular flexibility index (Phi) is 9.63. The molecule has 2 aromatic carbocycles. The average molecular weight is 564 g/mol. The van der Waals surface area contributed by atoms with Crippen LogP contribution in [-0.4, -0.2) is 78.6 Å². The van der Waals surface area contributed by atoms with Gasteiger partial charge in [-0.1, -0.05) is 49.1 Å². The lowest BCUT2D eigenvalue weighted by atomic mass is 9.96. The quantitative estimate of drug-likeness (QED) is 0.419. The molecular weight excluding hydrogens is 525 g/mol. The van der Waals surface area contributed by atoms with Gasteiger partial charge in [-0.25, -0.2) is 4.39 Å². The molecule has 0 saturated heterocycles. The van der Waals surface area contributed by atoms with E-state index < -0.39 is 36.0 Å². The van der Waals surface area contributed by atoms with Crippen molar-refractivity contribution in [3.8, 4) is 17.6 Å². The van der Waals surface area contributed by atoms with E-state index in [0.29, 0.717) is 24.3 Å². The lowest BCUT2D eigenvalue weighted by molar-refractivity contribution is -0.145. The zero-order chi connectivity index (χ0) is 29.6. The Hall–Kier alpha value is -3.94. The number of likely N-dealkylation sites (N-methyl/N-ethyl adjacent to an activating group) is 1. The fourth-order valence-electron chi connectivity index (χ4n) is 4.97. The highest BCUT2D eigenvalue weighted by Gasteiger charge is 2.50. The molecule has 0 aromatic heterocycles. The third-order valence-corrected chi connectivity index (χ3v) is 7.64. The molecule has 1 aliphatic heterocycles. The fraction of sp³-hybridized carbons (Fsp3) is 0.452. The van der Waals surface area contributed by atoms with Crippen LogP contribution in [0.5, 0.6) is 5.75 Å². The molecule has 218 valence electrons. The predicted molar refractivity (Wildman–Crippen MR) is 155 cm³/mol. The molecule has 10 heteroatoms. The summed E-state index contributed by atoms with van der Waals surface area (Å²) < 4.78 is 19.8. The Balaban J connectivity index is 1.70. The van der Waals surface area contributed by atoms with Crippen LogP contribution in [0, 0.1) is 23.1 Å². The number of halogens is 1. The minimum absolute atomic E-state index is 0.0316. The molecule has 4 atom stereocenters. The summed E-state index contributed by atoms with van der Waals surface area (Å²) in [6.45, 7) is 3.98. The number of fused-ring (bicyclic) bond motifs is 1. The largest absolute Gasteiger partial charge is 0.491 e. The van der Waals surface area contributed by atoms with Crippen molar-refractivity contribution >= 4 is 17.6 Å². The number of ether oxygens (including phenoxy) is 1. The molecule has 0 spiro atoms. The van der Waals surface area contributed by atoms with E-state index in [1.165, 1.54) is 37.1 Å². The molecule has 1 heterocycles. The second-order valence-electron chi connectivity index (χ2n) is 11.0. The number of rotatable bonds is 4. The number of nitrogens with zero attached hydrogens (tertiary/aromatic N) is 2. The Morgan fingerprint density at radius 2 is 1.98 bits per heavy atom. The van der Waals surface area contributed by atoms with Crippen LogP contribution in [-0.2, 0) is 16.0 Å². The summed E-state index contributed by atoms with van der Waals surface area (Å²) in [6, 6.07) is 11.1. The van der Waals surface area contributed by atoms with Crippen LogP contribution in [0.4, 0.5) is 4.39 Å². The Morgan fingerprint density at radius 3 is 2.66 bits per heavy atom. The van der Waals surface area contributed by atoms with Crippen molar-refractivity contribution in [2.45, 2.75) is 57.3 Å². The van der Waals surface area contributed by atoms with Crippen LogP contribution < -0.4 is 21.1 Å². The van der Waals surface area contributed by atoms with Crippen molar-refractivity contribution in [1.82, 2.24) is 15.5 Å². The van der Waals surface area contributed by atoms with E-state index >= 15 is 0 Å². The van der Waals surface area contributed by atoms with Crippen molar-refractivity contribution in [3.05, 3.63) is 65.5 Å². The summed E-state index contributed by atoms with van der Waals surface area (Å²) in [5.74, 6) is 5.02. The molecule has 2 amide bonds. The minimum atomic E-state index is -1.16. The molecule has 0 radical (unpaired) electrons. The van der Waals surface area contributed by atoms with E-state index in [0.717, 1.165) is 18.4 Å². The maximum atomic E-state index is 14.0. The number of amides is 2. The van der Waals surface area contributed by atoms with Crippen LogP contribution in [0.25, 0.3) is 0 Å². The fourth-order valence-corrected chi connectivity index (χ4v) is 4.97. The van der Waals surface area contributed by atoms with Gasteiger partial charge >= 0.3 is 0 Å². The number of carbonyl (C=O) groups excluding carboxylic acids is 2. The van der Waals surface area contributed by atoms with Gasteiger partial charge in [0.25, 0.3) is 0 Å². The number of aliphatic hydroxyl groups is 1. The highest BCUT2D eigenvalue weighted by molar-refractivity contribution is 5.95. The van der Waals surface area contributed by atoms with E-state index in [1.807, 2.05) is 37.3 Å². The number of aliphatic hydroxyl groups excluding tert-OH is 1. The summed E-state index contributed by atoms with van der Waals surface area (Å²) in [4.78, 5) is 33.1. The van der Waals surface area contributed by atoms with Gasteiger partial charge in [-0.15, -0.1) is 0 Å². The van der Waals surface area contributed by atoms with Gasteiger partial charge in [0.05, 0.1) is 23.8 Å². The molecule has 2 unspecified atom stereocenters.